The third-order valence-electron chi connectivity index (χ3n) is 2.49. The van der Waals surface area contributed by atoms with Crippen molar-refractivity contribution in [2.75, 3.05) is 0 Å². The molecule has 2 aromatic rings. The minimum Gasteiger partial charge on any atom is -0.386 e. The Morgan fingerprint density at radius 1 is 1.47 bits per heavy atom. The molecule has 1 heterocycles. The zero-order valence-electron chi connectivity index (χ0n) is 9.82. The lowest BCUT2D eigenvalue weighted by Crippen LogP contribution is -2.31. The number of carbonyl (C=O) groups excluding carboxylic acids is 1. The van der Waals surface area contributed by atoms with E-state index in [1.807, 2.05) is 5.43 Å². The number of benzene rings is 1. The van der Waals surface area contributed by atoms with Gasteiger partial charge in [0.25, 0.3) is 0 Å². The van der Waals surface area contributed by atoms with Crippen molar-refractivity contribution < 1.29 is 9.90 Å². The number of amides is 1. The number of hydrogen-bond donors (Lipinski definition) is 3. The molecule has 1 atom stereocenters. The van der Waals surface area contributed by atoms with Gasteiger partial charge in [0, 0.05) is 5.02 Å². The summed E-state index contributed by atoms with van der Waals surface area (Å²) in [5, 5.41) is 14.5. The average Bonchev–Trinajstić information content (AvgIpc) is 2.87. The molecule has 0 unspecified atom stereocenters. The number of aromatic nitrogens is 3. The number of nitrogens with two attached hydrogens (primary N) is 1. The Balaban J connectivity index is 2.06. The lowest BCUT2D eigenvalue weighted by Gasteiger charge is -2.10. The number of hydrogen-bond acceptors (Lipinski definition) is 5. The van der Waals surface area contributed by atoms with Crippen LogP contribution in [0.4, 0.5) is 0 Å². The summed E-state index contributed by atoms with van der Waals surface area (Å²) in [7, 11) is 0. The van der Waals surface area contributed by atoms with E-state index in [9.17, 15) is 9.90 Å². The quantitative estimate of drug-likeness (QED) is 0.424. The molecule has 0 aliphatic heterocycles. The van der Waals surface area contributed by atoms with Gasteiger partial charge in [-0.25, -0.2) is 15.5 Å². The molecular weight excluding hydrogens is 270 g/mol. The standard InChI is InChI=1S/C11H12ClN5O2/c12-8-3-1-7(2-4-8)9(18)5-17-6-14-10(16-17)11(19)15-13/h1-4,6,9,18H,5,13H2,(H,15,19)/t9-/m0/s1. The highest BCUT2D eigenvalue weighted by Gasteiger charge is 2.13. The number of aliphatic hydroxyl groups excluding tert-OH is 1. The molecule has 0 fully saturated rings. The highest BCUT2D eigenvalue weighted by Crippen LogP contribution is 2.17. The van der Waals surface area contributed by atoms with E-state index < -0.39 is 12.0 Å². The maximum absolute atomic E-state index is 11.2. The fraction of sp³-hybridized carbons (Fsp3) is 0.182. The SMILES string of the molecule is NNC(=O)c1ncn(C[C@H](O)c2ccc(Cl)cc2)n1. The van der Waals surface area contributed by atoms with E-state index in [0.717, 1.165) is 0 Å². The van der Waals surface area contributed by atoms with Gasteiger partial charge in [-0.2, -0.15) is 0 Å². The van der Waals surface area contributed by atoms with Gasteiger partial charge in [0.2, 0.25) is 5.82 Å². The normalized spacial score (nSPS) is 12.2. The lowest BCUT2D eigenvalue weighted by molar-refractivity contribution is 0.0941. The van der Waals surface area contributed by atoms with E-state index in [-0.39, 0.29) is 12.4 Å². The molecule has 0 radical (unpaired) electrons. The number of aliphatic hydroxyl groups is 1. The maximum atomic E-state index is 11.2. The first kappa shape index (κ1) is 13.5. The smallest absolute Gasteiger partial charge is 0.304 e. The molecule has 0 aliphatic carbocycles. The summed E-state index contributed by atoms with van der Waals surface area (Å²) < 4.78 is 1.36. The number of nitrogen functional groups attached to an aromatic ring is 1. The average molecular weight is 282 g/mol. The van der Waals surface area contributed by atoms with Crippen LogP contribution in [0, 0.1) is 0 Å². The summed E-state index contributed by atoms with van der Waals surface area (Å²) in [6, 6.07) is 6.82. The molecule has 0 aliphatic rings. The predicted molar refractivity (Wildman–Crippen MR) is 68.1 cm³/mol. The van der Waals surface area contributed by atoms with E-state index in [1.54, 1.807) is 24.3 Å². The summed E-state index contributed by atoms with van der Waals surface area (Å²) >= 11 is 5.77. The topological polar surface area (TPSA) is 106 Å². The first-order valence-electron chi connectivity index (χ1n) is 5.44. The van der Waals surface area contributed by atoms with Crippen molar-refractivity contribution in [3.8, 4) is 0 Å². The lowest BCUT2D eigenvalue weighted by atomic mass is 10.1. The van der Waals surface area contributed by atoms with Gasteiger partial charge in [-0.1, -0.05) is 23.7 Å². The van der Waals surface area contributed by atoms with Crippen LogP contribution >= 0.6 is 11.6 Å². The van der Waals surface area contributed by atoms with Crippen molar-refractivity contribution in [3.63, 3.8) is 0 Å². The number of halogens is 1. The molecule has 1 amide bonds. The molecule has 100 valence electrons. The van der Waals surface area contributed by atoms with Crippen LogP contribution in [0.5, 0.6) is 0 Å². The Morgan fingerprint density at radius 3 is 2.79 bits per heavy atom. The fourth-order valence-corrected chi connectivity index (χ4v) is 1.64. The molecule has 19 heavy (non-hydrogen) atoms. The van der Waals surface area contributed by atoms with E-state index >= 15 is 0 Å². The highest BCUT2D eigenvalue weighted by atomic mass is 35.5. The molecule has 0 saturated heterocycles. The molecular formula is C11H12ClN5O2. The Labute approximate surface area is 114 Å². The second-order valence-corrected chi connectivity index (χ2v) is 4.27. The molecule has 1 aromatic carbocycles. The van der Waals surface area contributed by atoms with E-state index in [2.05, 4.69) is 10.1 Å². The zero-order chi connectivity index (χ0) is 13.8. The van der Waals surface area contributed by atoms with Crippen LogP contribution in [-0.2, 0) is 6.54 Å². The van der Waals surface area contributed by atoms with Crippen LogP contribution < -0.4 is 11.3 Å². The largest absolute Gasteiger partial charge is 0.386 e. The van der Waals surface area contributed by atoms with Gasteiger partial charge in [-0.3, -0.25) is 10.2 Å². The molecule has 4 N–H and O–H groups in total. The highest BCUT2D eigenvalue weighted by molar-refractivity contribution is 6.30. The van der Waals surface area contributed by atoms with Gasteiger partial charge in [0.05, 0.1) is 12.6 Å². The molecule has 7 nitrogen and oxygen atoms in total. The monoisotopic (exact) mass is 281 g/mol. The number of rotatable bonds is 4. The first-order chi connectivity index (χ1) is 9.10. The number of nitrogens with zero attached hydrogens (tertiary/aromatic N) is 3. The Morgan fingerprint density at radius 2 is 2.16 bits per heavy atom. The van der Waals surface area contributed by atoms with Crippen LogP contribution in [0.15, 0.2) is 30.6 Å². The molecule has 0 spiro atoms. The Kier molecular flexibility index (Phi) is 4.10. The molecule has 2 rings (SSSR count). The summed E-state index contributed by atoms with van der Waals surface area (Å²) in [4.78, 5) is 14.9. The summed E-state index contributed by atoms with van der Waals surface area (Å²) in [6.07, 6.45) is 0.580. The minimum atomic E-state index is -0.771. The number of nitrogens with one attached hydrogen (secondary N) is 1. The van der Waals surface area contributed by atoms with Crippen molar-refractivity contribution in [2.24, 2.45) is 5.84 Å². The van der Waals surface area contributed by atoms with Crippen LogP contribution in [-0.4, -0.2) is 25.8 Å². The van der Waals surface area contributed by atoms with Crippen LogP contribution in [0.2, 0.25) is 5.02 Å². The molecule has 0 saturated carbocycles. The van der Waals surface area contributed by atoms with Gasteiger partial charge in [-0.05, 0) is 17.7 Å². The third kappa shape index (κ3) is 3.28. The molecule has 1 aromatic heterocycles. The van der Waals surface area contributed by atoms with Gasteiger partial charge in [0.15, 0.2) is 0 Å². The predicted octanol–water partition coefficient (Wildman–Crippen LogP) is 0.269. The maximum Gasteiger partial charge on any atom is 0.304 e. The van der Waals surface area contributed by atoms with Crippen LogP contribution in [0.25, 0.3) is 0 Å². The van der Waals surface area contributed by atoms with Crippen molar-refractivity contribution in [2.45, 2.75) is 12.6 Å². The first-order valence-corrected chi connectivity index (χ1v) is 5.82. The van der Waals surface area contributed by atoms with Crippen molar-refractivity contribution >= 4 is 17.5 Å². The Hall–Kier alpha value is -1.96. The van der Waals surface area contributed by atoms with E-state index in [4.69, 9.17) is 17.4 Å². The summed E-state index contributed by atoms with van der Waals surface area (Å²) in [5.74, 6) is 4.34. The van der Waals surface area contributed by atoms with Crippen molar-refractivity contribution in [1.82, 2.24) is 20.2 Å². The van der Waals surface area contributed by atoms with E-state index in [0.29, 0.717) is 10.6 Å². The second-order valence-electron chi connectivity index (χ2n) is 3.83. The third-order valence-corrected chi connectivity index (χ3v) is 2.74. The van der Waals surface area contributed by atoms with E-state index in [1.165, 1.54) is 11.0 Å². The van der Waals surface area contributed by atoms with Crippen LogP contribution in [0.3, 0.4) is 0 Å². The number of carbonyl (C=O) groups is 1. The Bertz CT molecular complexity index is 569. The molecule has 0 bridgehead atoms. The number of hydrazine groups is 1. The minimum absolute atomic E-state index is 0.0502. The fourth-order valence-electron chi connectivity index (χ4n) is 1.52. The van der Waals surface area contributed by atoms with Gasteiger partial charge in [0.1, 0.15) is 6.33 Å². The zero-order valence-corrected chi connectivity index (χ0v) is 10.6. The second kappa shape index (κ2) is 5.79. The van der Waals surface area contributed by atoms with Crippen molar-refractivity contribution in [3.05, 3.63) is 47.0 Å². The van der Waals surface area contributed by atoms with Gasteiger partial charge >= 0.3 is 5.91 Å². The summed E-state index contributed by atoms with van der Waals surface area (Å²) in [6.45, 7) is 0.173. The van der Waals surface area contributed by atoms with Gasteiger partial charge < -0.3 is 5.11 Å². The van der Waals surface area contributed by atoms with Crippen molar-refractivity contribution in [1.29, 1.82) is 0 Å². The van der Waals surface area contributed by atoms with Crippen LogP contribution in [0.1, 0.15) is 22.3 Å². The summed E-state index contributed by atoms with van der Waals surface area (Å²) in [5.41, 5.74) is 2.63. The van der Waals surface area contributed by atoms with Gasteiger partial charge in [-0.15, -0.1) is 5.10 Å². The molecule has 8 heteroatoms.